The SMILES string of the molecule is Nc1ccnc(N(C(=O)C(=P)c2ccc(Cl)cc2)C2CC2)c1. The van der Waals surface area contributed by atoms with Crippen LogP contribution in [0, 0.1) is 0 Å². The van der Waals surface area contributed by atoms with Crippen molar-refractivity contribution in [2.75, 3.05) is 10.6 Å². The average molecular weight is 332 g/mol. The van der Waals surface area contributed by atoms with Crippen molar-refractivity contribution >= 4 is 43.2 Å². The smallest absolute Gasteiger partial charge is 0.264 e. The minimum atomic E-state index is -0.125. The van der Waals surface area contributed by atoms with Crippen molar-refractivity contribution in [3.8, 4) is 0 Å². The number of aromatic nitrogens is 1. The molecule has 1 aliphatic carbocycles. The zero-order valence-electron chi connectivity index (χ0n) is 11.8. The third kappa shape index (κ3) is 3.13. The van der Waals surface area contributed by atoms with Crippen LogP contribution in [0.3, 0.4) is 0 Å². The van der Waals surface area contributed by atoms with Gasteiger partial charge >= 0.3 is 0 Å². The fraction of sp³-hybridized carbons (Fsp3) is 0.188. The Bertz CT molecular complexity index is 728. The number of rotatable bonds is 4. The first-order valence-electron chi connectivity index (χ1n) is 6.96. The van der Waals surface area contributed by atoms with E-state index in [1.807, 2.05) is 0 Å². The second-order valence-electron chi connectivity index (χ2n) is 5.24. The standard InChI is InChI=1S/C16H15ClN3OP/c17-11-3-1-10(2-4-11)15(22)16(21)20(13-5-6-13)14-9-12(18)7-8-19-14/h1-4,7-9,13,22H,5-6H2,(H2,18,19). The molecule has 1 fully saturated rings. The van der Waals surface area contributed by atoms with E-state index in [4.69, 9.17) is 17.3 Å². The first-order valence-corrected chi connectivity index (χ1v) is 7.83. The lowest BCUT2D eigenvalue weighted by Crippen LogP contribution is -2.38. The first kappa shape index (κ1) is 15.0. The van der Waals surface area contributed by atoms with Crippen LogP contribution in [-0.4, -0.2) is 22.2 Å². The number of carbonyl (C=O) groups is 1. The summed E-state index contributed by atoms with van der Waals surface area (Å²) in [6.07, 6.45) is 3.56. The molecule has 22 heavy (non-hydrogen) atoms. The highest BCUT2D eigenvalue weighted by Gasteiger charge is 2.35. The molecule has 1 heterocycles. The molecule has 3 rings (SSSR count). The molecular formula is C16H15ClN3OP. The number of nitrogen functional groups attached to an aromatic ring is 1. The van der Waals surface area contributed by atoms with Crippen molar-refractivity contribution < 1.29 is 4.79 Å². The zero-order valence-corrected chi connectivity index (χ0v) is 13.5. The Morgan fingerprint density at radius 2 is 1.95 bits per heavy atom. The maximum atomic E-state index is 12.8. The van der Waals surface area contributed by atoms with Gasteiger partial charge in [0.05, 0.1) is 5.29 Å². The van der Waals surface area contributed by atoms with Crippen LogP contribution < -0.4 is 10.6 Å². The van der Waals surface area contributed by atoms with Gasteiger partial charge in [-0.2, -0.15) is 0 Å². The minimum absolute atomic E-state index is 0.125. The molecule has 2 aromatic rings. The number of amides is 1. The molecule has 0 aliphatic heterocycles. The number of hydrogen-bond donors (Lipinski definition) is 1. The van der Waals surface area contributed by atoms with Crippen molar-refractivity contribution in [1.29, 1.82) is 0 Å². The van der Waals surface area contributed by atoms with Crippen molar-refractivity contribution in [2.24, 2.45) is 0 Å². The molecule has 0 radical (unpaired) electrons. The summed E-state index contributed by atoms with van der Waals surface area (Å²) in [6.45, 7) is 0. The Morgan fingerprint density at radius 1 is 1.27 bits per heavy atom. The highest BCUT2D eigenvalue weighted by Crippen LogP contribution is 2.32. The van der Waals surface area contributed by atoms with E-state index in [9.17, 15) is 4.79 Å². The number of halogens is 1. The zero-order chi connectivity index (χ0) is 15.7. The van der Waals surface area contributed by atoms with Gasteiger partial charge < -0.3 is 5.73 Å². The lowest BCUT2D eigenvalue weighted by atomic mass is 10.1. The fourth-order valence-corrected chi connectivity index (χ4v) is 2.63. The number of hydrogen-bond acceptors (Lipinski definition) is 3. The molecule has 1 aromatic heterocycles. The second-order valence-corrected chi connectivity index (χ2v) is 6.17. The highest BCUT2D eigenvalue weighted by molar-refractivity contribution is 7.27. The molecular weight excluding hydrogens is 317 g/mol. The van der Waals surface area contributed by atoms with Gasteiger partial charge in [-0.1, -0.05) is 23.7 Å². The van der Waals surface area contributed by atoms with Crippen molar-refractivity contribution in [3.05, 3.63) is 53.2 Å². The van der Waals surface area contributed by atoms with Gasteiger partial charge in [0.15, 0.2) is 0 Å². The third-order valence-corrected chi connectivity index (χ3v) is 4.25. The molecule has 0 saturated heterocycles. The summed E-state index contributed by atoms with van der Waals surface area (Å²) >= 11 is 5.89. The summed E-state index contributed by atoms with van der Waals surface area (Å²) < 4.78 is 0. The lowest BCUT2D eigenvalue weighted by molar-refractivity contribution is -0.112. The molecule has 2 N–H and O–H groups in total. The van der Waals surface area contributed by atoms with Crippen LogP contribution in [0.15, 0.2) is 42.6 Å². The quantitative estimate of drug-likeness (QED) is 0.875. The molecule has 0 unspecified atom stereocenters. The summed E-state index contributed by atoms with van der Waals surface area (Å²) in [7, 11) is 3.47. The molecule has 1 amide bonds. The molecule has 4 nitrogen and oxygen atoms in total. The Morgan fingerprint density at radius 3 is 2.55 bits per heavy atom. The van der Waals surface area contributed by atoms with Gasteiger partial charge in [-0.15, -0.1) is 8.86 Å². The third-order valence-electron chi connectivity index (χ3n) is 3.49. The average Bonchev–Trinajstić information content (AvgIpc) is 3.32. The van der Waals surface area contributed by atoms with Crippen LogP contribution in [0.5, 0.6) is 0 Å². The van der Waals surface area contributed by atoms with Crippen LogP contribution in [0.2, 0.25) is 5.02 Å². The summed E-state index contributed by atoms with van der Waals surface area (Å²) in [4.78, 5) is 18.8. The number of benzene rings is 1. The van der Waals surface area contributed by atoms with Crippen LogP contribution in [0.4, 0.5) is 11.5 Å². The molecule has 6 heteroatoms. The predicted molar refractivity (Wildman–Crippen MR) is 93.0 cm³/mol. The maximum absolute atomic E-state index is 12.8. The van der Waals surface area contributed by atoms with Gasteiger partial charge in [-0.3, -0.25) is 9.69 Å². The monoisotopic (exact) mass is 331 g/mol. The lowest BCUT2D eigenvalue weighted by Gasteiger charge is -2.22. The normalized spacial score (nSPS) is 13.7. The number of nitrogens with two attached hydrogens (primary N) is 1. The van der Waals surface area contributed by atoms with Gasteiger partial charge in [-0.25, -0.2) is 4.98 Å². The topological polar surface area (TPSA) is 59.2 Å². The Balaban J connectivity index is 1.90. The van der Waals surface area contributed by atoms with E-state index < -0.39 is 0 Å². The number of nitrogens with zero attached hydrogens (tertiary/aromatic N) is 2. The minimum Gasteiger partial charge on any atom is -0.399 e. The van der Waals surface area contributed by atoms with Gasteiger partial charge in [0.2, 0.25) is 0 Å². The van der Waals surface area contributed by atoms with E-state index in [1.54, 1.807) is 47.5 Å². The summed E-state index contributed by atoms with van der Waals surface area (Å²) in [6, 6.07) is 10.7. The molecule has 1 aliphatic rings. The number of anilines is 2. The number of pyridine rings is 1. The second kappa shape index (κ2) is 6.07. The summed E-state index contributed by atoms with van der Waals surface area (Å²) in [5, 5.41) is 1.11. The van der Waals surface area contributed by atoms with Crippen molar-refractivity contribution in [1.82, 2.24) is 4.98 Å². The molecule has 112 valence electrons. The van der Waals surface area contributed by atoms with Crippen LogP contribution in [0.25, 0.3) is 0 Å². The van der Waals surface area contributed by atoms with E-state index in [-0.39, 0.29) is 11.9 Å². The summed E-state index contributed by atoms with van der Waals surface area (Å²) in [5.74, 6) is 0.455. The van der Waals surface area contributed by atoms with Gasteiger partial charge in [0.25, 0.3) is 5.91 Å². The Kier molecular flexibility index (Phi) is 4.14. The van der Waals surface area contributed by atoms with E-state index in [2.05, 4.69) is 13.8 Å². The Hall–Kier alpha value is -1.90. The molecule has 0 bridgehead atoms. The van der Waals surface area contributed by atoms with E-state index in [0.717, 1.165) is 18.4 Å². The van der Waals surface area contributed by atoms with Crippen LogP contribution in [0.1, 0.15) is 18.4 Å². The first-order chi connectivity index (χ1) is 10.6. The van der Waals surface area contributed by atoms with Crippen LogP contribution in [-0.2, 0) is 4.79 Å². The van der Waals surface area contributed by atoms with E-state index in [0.29, 0.717) is 21.8 Å². The Labute approximate surface area is 136 Å². The van der Waals surface area contributed by atoms with Gasteiger partial charge in [0, 0.05) is 29.0 Å². The predicted octanol–water partition coefficient (Wildman–Crippen LogP) is 3.18. The van der Waals surface area contributed by atoms with Gasteiger partial charge in [0.1, 0.15) is 5.82 Å². The van der Waals surface area contributed by atoms with E-state index >= 15 is 0 Å². The van der Waals surface area contributed by atoms with E-state index in [1.165, 1.54) is 0 Å². The van der Waals surface area contributed by atoms with Crippen molar-refractivity contribution in [2.45, 2.75) is 18.9 Å². The molecule has 1 aromatic carbocycles. The molecule has 1 saturated carbocycles. The van der Waals surface area contributed by atoms with Crippen LogP contribution >= 0.6 is 20.5 Å². The highest BCUT2D eigenvalue weighted by atomic mass is 35.5. The fourth-order valence-electron chi connectivity index (χ4n) is 2.22. The van der Waals surface area contributed by atoms with Crippen molar-refractivity contribution in [3.63, 3.8) is 0 Å². The van der Waals surface area contributed by atoms with Gasteiger partial charge in [-0.05, 0) is 36.6 Å². The number of carbonyl (C=O) groups excluding carboxylic acids is 1. The maximum Gasteiger partial charge on any atom is 0.264 e. The summed E-state index contributed by atoms with van der Waals surface area (Å²) in [5.41, 5.74) is 7.18. The largest absolute Gasteiger partial charge is 0.399 e. The molecule has 0 spiro atoms. The molecule has 0 atom stereocenters.